The zero-order valence-corrected chi connectivity index (χ0v) is 9.82. The van der Waals surface area contributed by atoms with Crippen LogP contribution in [0, 0.1) is 11.3 Å². The Morgan fingerprint density at radius 2 is 2.40 bits per heavy atom. The zero-order chi connectivity index (χ0) is 11.3. The Kier molecular flexibility index (Phi) is 4.32. The number of halogens is 1. The normalized spacial score (nSPS) is 11.5. The van der Waals surface area contributed by atoms with Crippen molar-refractivity contribution in [1.82, 2.24) is 0 Å². The third-order valence-corrected chi connectivity index (χ3v) is 2.50. The van der Waals surface area contributed by atoms with Gasteiger partial charge in [-0.15, -0.1) is 0 Å². The predicted octanol–water partition coefficient (Wildman–Crippen LogP) is 2.94. The van der Waals surface area contributed by atoms with Crippen LogP contribution in [0.25, 0.3) is 0 Å². The van der Waals surface area contributed by atoms with Crippen LogP contribution in [0.2, 0.25) is 0 Å². The van der Waals surface area contributed by atoms with E-state index in [1.807, 2.05) is 13.0 Å². The third-order valence-electron chi connectivity index (χ3n) is 1.88. The van der Waals surface area contributed by atoms with E-state index in [2.05, 4.69) is 15.9 Å². The highest BCUT2D eigenvalue weighted by Gasteiger charge is 2.09. The van der Waals surface area contributed by atoms with Crippen molar-refractivity contribution in [2.75, 3.05) is 0 Å². The molecule has 0 spiro atoms. The summed E-state index contributed by atoms with van der Waals surface area (Å²) >= 11 is 3.28. The van der Waals surface area contributed by atoms with Gasteiger partial charge in [0.1, 0.15) is 18.1 Å². The first-order valence-electron chi connectivity index (χ1n) is 4.52. The van der Waals surface area contributed by atoms with E-state index in [4.69, 9.17) is 10.00 Å². The number of rotatable bonds is 4. The average Bonchev–Trinajstić information content (AvgIpc) is 2.27. The zero-order valence-electron chi connectivity index (χ0n) is 8.24. The van der Waals surface area contributed by atoms with E-state index in [9.17, 15) is 4.79 Å². The summed E-state index contributed by atoms with van der Waals surface area (Å²) in [5, 5.41) is 8.73. The lowest BCUT2D eigenvalue weighted by Crippen LogP contribution is -2.12. The van der Waals surface area contributed by atoms with Crippen molar-refractivity contribution in [2.45, 2.75) is 19.4 Å². The number of hydrogen-bond donors (Lipinski definition) is 0. The van der Waals surface area contributed by atoms with Crippen LogP contribution < -0.4 is 4.74 Å². The fraction of sp³-hybridized carbons (Fsp3) is 0.273. The van der Waals surface area contributed by atoms with Gasteiger partial charge in [0.2, 0.25) is 0 Å². The minimum absolute atomic E-state index is 0.455. The van der Waals surface area contributed by atoms with E-state index in [1.165, 1.54) is 0 Å². The van der Waals surface area contributed by atoms with Gasteiger partial charge in [-0.3, -0.25) is 4.79 Å². The molecule has 0 aliphatic carbocycles. The van der Waals surface area contributed by atoms with E-state index in [0.717, 1.165) is 6.29 Å². The molecule has 1 rings (SSSR count). The number of carbonyl (C=O) groups excluding carboxylic acids is 1. The molecule has 0 aliphatic rings. The van der Waals surface area contributed by atoms with Crippen LogP contribution in [-0.2, 0) is 0 Å². The van der Waals surface area contributed by atoms with Crippen molar-refractivity contribution in [3.05, 3.63) is 28.2 Å². The van der Waals surface area contributed by atoms with Gasteiger partial charge >= 0.3 is 0 Å². The summed E-state index contributed by atoms with van der Waals surface area (Å²) in [6.45, 7) is 1.88. The number of carbonyl (C=O) groups is 1. The molecule has 1 aromatic carbocycles. The SMILES string of the molecule is CCC(C#N)Oc1ccc(C=O)cc1Br. The molecule has 1 aromatic rings. The van der Waals surface area contributed by atoms with Crippen LogP contribution in [0.15, 0.2) is 22.7 Å². The fourth-order valence-corrected chi connectivity index (χ4v) is 1.53. The van der Waals surface area contributed by atoms with Crippen molar-refractivity contribution in [3.8, 4) is 11.8 Å². The molecule has 0 saturated heterocycles. The number of aldehydes is 1. The Balaban J connectivity index is 2.87. The highest BCUT2D eigenvalue weighted by molar-refractivity contribution is 9.10. The van der Waals surface area contributed by atoms with Gasteiger partial charge in [0, 0.05) is 5.56 Å². The molecule has 78 valence electrons. The van der Waals surface area contributed by atoms with Gasteiger partial charge < -0.3 is 4.74 Å². The topological polar surface area (TPSA) is 50.1 Å². The van der Waals surface area contributed by atoms with Gasteiger partial charge in [-0.2, -0.15) is 5.26 Å². The lowest BCUT2D eigenvalue weighted by atomic mass is 10.2. The molecule has 0 saturated carbocycles. The molecule has 0 radical (unpaired) electrons. The minimum atomic E-state index is -0.455. The molecular weight excluding hydrogens is 258 g/mol. The Bertz CT molecular complexity index is 398. The van der Waals surface area contributed by atoms with Crippen molar-refractivity contribution in [1.29, 1.82) is 5.26 Å². The maximum Gasteiger partial charge on any atom is 0.184 e. The molecular formula is C11H10BrNO2. The molecule has 0 N–H and O–H groups in total. The molecule has 0 amide bonds. The molecule has 4 heteroatoms. The molecule has 0 fully saturated rings. The highest BCUT2D eigenvalue weighted by Crippen LogP contribution is 2.26. The van der Waals surface area contributed by atoms with Gasteiger partial charge in [-0.05, 0) is 40.5 Å². The Labute approximate surface area is 96.8 Å². The molecule has 0 heterocycles. The van der Waals surface area contributed by atoms with Crippen LogP contribution in [0.4, 0.5) is 0 Å². The average molecular weight is 268 g/mol. The molecule has 0 aliphatic heterocycles. The van der Waals surface area contributed by atoms with E-state index < -0.39 is 6.10 Å². The Hall–Kier alpha value is -1.34. The lowest BCUT2D eigenvalue weighted by molar-refractivity contribution is 0.112. The number of nitriles is 1. The van der Waals surface area contributed by atoms with Crippen LogP contribution in [0.5, 0.6) is 5.75 Å². The Morgan fingerprint density at radius 3 is 2.87 bits per heavy atom. The van der Waals surface area contributed by atoms with E-state index in [0.29, 0.717) is 22.2 Å². The van der Waals surface area contributed by atoms with Crippen LogP contribution in [0.1, 0.15) is 23.7 Å². The summed E-state index contributed by atoms with van der Waals surface area (Å²) in [5.74, 6) is 0.578. The van der Waals surface area contributed by atoms with Gasteiger partial charge in [-0.25, -0.2) is 0 Å². The van der Waals surface area contributed by atoms with Crippen LogP contribution in [-0.4, -0.2) is 12.4 Å². The molecule has 1 atom stereocenters. The Morgan fingerprint density at radius 1 is 1.67 bits per heavy atom. The van der Waals surface area contributed by atoms with Crippen molar-refractivity contribution >= 4 is 22.2 Å². The molecule has 0 bridgehead atoms. The molecule has 0 aromatic heterocycles. The third kappa shape index (κ3) is 3.07. The number of hydrogen-bond acceptors (Lipinski definition) is 3. The summed E-state index contributed by atoms with van der Waals surface area (Å²) in [7, 11) is 0. The first-order valence-corrected chi connectivity index (χ1v) is 5.31. The van der Waals surface area contributed by atoms with Gasteiger partial charge in [0.15, 0.2) is 6.10 Å². The van der Waals surface area contributed by atoms with E-state index in [-0.39, 0.29) is 0 Å². The largest absolute Gasteiger partial charge is 0.474 e. The smallest absolute Gasteiger partial charge is 0.184 e. The van der Waals surface area contributed by atoms with E-state index in [1.54, 1.807) is 18.2 Å². The second kappa shape index (κ2) is 5.52. The first kappa shape index (κ1) is 11.7. The summed E-state index contributed by atoms with van der Waals surface area (Å²) in [6, 6.07) is 7.03. The maximum absolute atomic E-state index is 10.5. The maximum atomic E-state index is 10.5. The van der Waals surface area contributed by atoms with Crippen molar-refractivity contribution in [2.24, 2.45) is 0 Å². The second-order valence-electron chi connectivity index (χ2n) is 2.95. The van der Waals surface area contributed by atoms with Gasteiger partial charge in [0.05, 0.1) is 4.47 Å². The van der Waals surface area contributed by atoms with E-state index >= 15 is 0 Å². The first-order chi connectivity index (χ1) is 7.21. The van der Waals surface area contributed by atoms with Gasteiger partial charge in [0.25, 0.3) is 0 Å². The number of nitrogens with zero attached hydrogens (tertiary/aromatic N) is 1. The summed E-state index contributed by atoms with van der Waals surface area (Å²) in [5.41, 5.74) is 0.569. The summed E-state index contributed by atoms with van der Waals surface area (Å²) in [6.07, 6.45) is 0.928. The lowest BCUT2D eigenvalue weighted by Gasteiger charge is -2.11. The standard InChI is InChI=1S/C11H10BrNO2/c1-2-9(6-13)15-11-4-3-8(7-14)5-10(11)12/h3-5,7,9H,2H2,1H3. The second-order valence-corrected chi connectivity index (χ2v) is 3.81. The quantitative estimate of drug-likeness (QED) is 0.789. The molecule has 1 unspecified atom stereocenters. The van der Waals surface area contributed by atoms with Crippen LogP contribution in [0.3, 0.4) is 0 Å². The van der Waals surface area contributed by atoms with Crippen LogP contribution >= 0.6 is 15.9 Å². The monoisotopic (exact) mass is 267 g/mol. The summed E-state index contributed by atoms with van der Waals surface area (Å²) < 4.78 is 6.10. The number of ether oxygens (including phenoxy) is 1. The highest BCUT2D eigenvalue weighted by atomic mass is 79.9. The van der Waals surface area contributed by atoms with Crippen molar-refractivity contribution < 1.29 is 9.53 Å². The molecule has 15 heavy (non-hydrogen) atoms. The van der Waals surface area contributed by atoms with Crippen molar-refractivity contribution in [3.63, 3.8) is 0 Å². The minimum Gasteiger partial charge on any atom is -0.474 e. The fourth-order valence-electron chi connectivity index (χ4n) is 1.04. The summed E-state index contributed by atoms with van der Waals surface area (Å²) in [4.78, 5) is 10.5. The number of benzene rings is 1. The predicted molar refractivity (Wildman–Crippen MR) is 59.8 cm³/mol. The van der Waals surface area contributed by atoms with Gasteiger partial charge in [-0.1, -0.05) is 6.92 Å². The molecule has 3 nitrogen and oxygen atoms in total.